The second kappa shape index (κ2) is 15.2. The second-order valence-electron chi connectivity index (χ2n) is 3.01. The SMILES string of the molecule is C=CC=N/C=C\Nc1ccc(C(=O)O)cc1.CC.NC=O. The average molecular weight is 291 g/mol. The van der Waals surface area contributed by atoms with Gasteiger partial charge in [-0.2, -0.15) is 0 Å². The van der Waals surface area contributed by atoms with Gasteiger partial charge in [0.1, 0.15) is 0 Å². The maximum Gasteiger partial charge on any atom is 0.335 e. The molecule has 1 aromatic carbocycles. The zero-order chi connectivity index (χ0) is 16.5. The molecule has 0 unspecified atom stereocenters. The molecule has 0 aromatic heterocycles. The Morgan fingerprint density at radius 1 is 1.33 bits per heavy atom. The molecule has 0 aliphatic carbocycles. The van der Waals surface area contributed by atoms with Crippen LogP contribution in [-0.2, 0) is 4.79 Å². The minimum absolute atomic E-state index is 0.250. The van der Waals surface area contributed by atoms with E-state index >= 15 is 0 Å². The standard InChI is InChI=1S/C12H12N2O2.C2H6.CH3NO/c1-2-7-13-8-9-14-11-5-3-10(4-6-11)12(15)16;1-2;2-1-3/h2-9,14H,1H2,(H,15,16);1-2H3;1H,(H2,2,3)/b9-8-,13-7?;;. The number of carbonyl (C=O) groups is 2. The maximum absolute atomic E-state index is 10.6. The number of primary amides is 1. The van der Waals surface area contributed by atoms with Gasteiger partial charge in [-0.25, -0.2) is 4.79 Å². The third-order valence-corrected chi connectivity index (χ3v) is 1.73. The summed E-state index contributed by atoms with van der Waals surface area (Å²) in [7, 11) is 0. The molecule has 1 amide bonds. The van der Waals surface area contributed by atoms with Crippen LogP contribution in [0.15, 0.2) is 54.3 Å². The molecule has 1 aromatic rings. The Labute approximate surface area is 124 Å². The number of carboxylic acids is 1. The summed E-state index contributed by atoms with van der Waals surface area (Å²) < 4.78 is 0. The van der Waals surface area contributed by atoms with Crippen molar-refractivity contribution in [1.82, 2.24) is 0 Å². The first kappa shape index (κ1) is 20.4. The smallest absolute Gasteiger partial charge is 0.335 e. The van der Waals surface area contributed by atoms with Crippen LogP contribution in [0.25, 0.3) is 0 Å². The molecule has 0 aliphatic rings. The van der Waals surface area contributed by atoms with Crippen molar-refractivity contribution < 1.29 is 14.7 Å². The molecule has 114 valence electrons. The largest absolute Gasteiger partial charge is 0.478 e. The Morgan fingerprint density at radius 3 is 2.29 bits per heavy atom. The van der Waals surface area contributed by atoms with Gasteiger partial charge in [-0.05, 0) is 24.3 Å². The van der Waals surface area contributed by atoms with E-state index in [-0.39, 0.29) is 12.0 Å². The van der Waals surface area contributed by atoms with Crippen LogP contribution in [0.3, 0.4) is 0 Å². The van der Waals surface area contributed by atoms with Crippen molar-refractivity contribution in [2.24, 2.45) is 10.7 Å². The highest BCUT2D eigenvalue weighted by atomic mass is 16.4. The highest BCUT2D eigenvalue weighted by molar-refractivity contribution is 5.88. The van der Waals surface area contributed by atoms with E-state index in [1.54, 1.807) is 36.8 Å². The number of nitrogens with one attached hydrogen (secondary N) is 1. The van der Waals surface area contributed by atoms with Gasteiger partial charge in [0.15, 0.2) is 0 Å². The first-order chi connectivity index (χ1) is 10.2. The van der Waals surface area contributed by atoms with E-state index < -0.39 is 5.97 Å². The highest BCUT2D eigenvalue weighted by Crippen LogP contribution is 2.09. The van der Waals surface area contributed by atoms with E-state index in [2.05, 4.69) is 22.6 Å². The topological polar surface area (TPSA) is 105 Å². The van der Waals surface area contributed by atoms with Gasteiger partial charge in [0.05, 0.1) is 5.56 Å². The number of carboxylic acid groups (broad SMARTS) is 1. The fourth-order valence-corrected chi connectivity index (χ4v) is 0.996. The molecule has 21 heavy (non-hydrogen) atoms. The highest BCUT2D eigenvalue weighted by Gasteiger charge is 1.99. The van der Waals surface area contributed by atoms with E-state index in [4.69, 9.17) is 9.90 Å². The number of nitrogens with two attached hydrogens (primary N) is 1. The van der Waals surface area contributed by atoms with E-state index in [1.807, 2.05) is 13.8 Å². The number of benzene rings is 1. The van der Waals surface area contributed by atoms with Crippen LogP contribution in [0.2, 0.25) is 0 Å². The molecule has 0 bridgehead atoms. The number of amides is 1. The molecule has 0 spiro atoms. The molecule has 0 heterocycles. The summed E-state index contributed by atoms with van der Waals surface area (Å²) in [5.41, 5.74) is 5.23. The summed E-state index contributed by atoms with van der Waals surface area (Å²) in [6.45, 7) is 7.48. The summed E-state index contributed by atoms with van der Waals surface area (Å²) in [6.07, 6.45) is 6.61. The minimum Gasteiger partial charge on any atom is -0.478 e. The van der Waals surface area contributed by atoms with Gasteiger partial charge < -0.3 is 16.2 Å². The summed E-state index contributed by atoms with van der Waals surface area (Å²) in [5, 5.41) is 11.6. The Bertz CT molecular complexity index is 466. The monoisotopic (exact) mass is 291 g/mol. The van der Waals surface area contributed by atoms with E-state index in [1.165, 1.54) is 12.1 Å². The number of anilines is 1. The van der Waals surface area contributed by atoms with Gasteiger partial charge in [0.25, 0.3) is 0 Å². The molecule has 0 radical (unpaired) electrons. The zero-order valence-electron chi connectivity index (χ0n) is 12.2. The molecule has 0 aliphatic heterocycles. The van der Waals surface area contributed by atoms with Crippen molar-refractivity contribution in [3.63, 3.8) is 0 Å². The van der Waals surface area contributed by atoms with Crippen LogP contribution < -0.4 is 11.1 Å². The molecule has 6 nitrogen and oxygen atoms in total. The van der Waals surface area contributed by atoms with Crippen molar-refractivity contribution in [2.75, 3.05) is 5.32 Å². The van der Waals surface area contributed by atoms with Gasteiger partial charge in [0.2, 0.25) is 6.41 Å². The van der Waals surface area contributed by atoms with Gasteiger partial charge in [0, 0.05) is 24.3 Å². The van der Waals surface area contributed by atoms with Gasteiger partial charge in [-0.15, -0.1) is 0 Å². The molecule has 0 saturated carbocycles. The zero-order valence-corrected chi connectivity index (χ0v) is 12.2. The fourth-order valence-electron chi connectivity index (χ4n) is 0.996. The van der Waals surface area contributed by atoms with Crippen LogP contribution in [0.4, 0.5) is 5.69 Å². The summed E-state index contributed by atoms with van der Waals surface area (Å²) in [5.74, 6) is -0.933. The lowest BCUT2D eigenvalue weighted by atomic mass is 10.2. The number of carbonyl (C=O) groups excluding carboxylic acids is 1. The van der Waals surface area contributed by atoms with Crippen molar-refractivity contribution in [3.05, 3.63) is 54.9 Å². The molecule has 6 heteroatoms. The summed E-state index contributed by atoms with van der Waals surface area (Å²) in [6, 6.07) is 6.44. The fraction of sp³-hybridized carbons (Fsp3) is 0.133. The maximum atomic E-state index is 10.6. The predicted molar refractivity (Wildman–Crippen MR) is 86.5 cm³/mol. The number of nitrogens with zero attached hydrogens (tertiary/aromatic N) is 1. The van der Waals surface area contributed by atoms with Crippen molar-refractivity contribution >= 4 is 24.3 Å². The Morgan fingerprint density at radius 2 is 1.86 bits per heavy atom. The number of rotatable bonds is 5. The molecule has 0 fully saturated rings. The Balaban J connectivity index is 0. The first-order valence-electron chi connectivity index (χ1n) is 6.20. The van der Waals surface area contributed by atoms with Gasteiger partial charge >= 0.3 is 5.97 Å². The number of allylic oxidation sites excluding steroid dienone is 1. The number of aliphatic imine (C=N–C) groups is 1. The van der Waals surface area contributed by atoms with Gasteiger partial charge in [-0.1, -0.05) is 26.5 Å². The lowest BCUT2D eigenvalue weighted by Crippen LogP contribution is -1.95. The van der Waals surface area contributed by atoms with Crippen molar-refractivity contribution in [3.8, 4) is 0 Å². The van der Waals surface area contributed by atoms with Crippen LogP contribution in [-0.4, -0.2) is 23.7 Å². The Hall–Kier alpha value is -2.89. The lowest BCUT2D eigenvalue weighted by molar-refractivity contribution is -0.106. The molecule has 4 N–H and O–H groups in total. The third kappa shape index (κ3) is 11.9. The van der Waals surface area contributed by atoms with Crippen LogP contribution in [0.1, 0.15) is 24.2 Å². The average Bonchev–Trinajstić information content (AvgIpc) is 2.50. The lowest BCUT2D eigenvalue weighted by Gasteiger charge is -2.00. The van der Waals surface area contributed by atoms with Gasteiger partial charge in [-0.3, -0.25) is 9.79 Å². The van der Waals surface area contributed by atoms with E-state index in [0.717, 1.165) is 5.69 Å². The van der Waals surface area contributed by atoms with Crippen molar-refractivity contribution in [2.45, 2.75) is 13.8 Å². The quantitative estimate of drug-likeness (QED) is 0.573. The van der Waals surface area contributed by atoms with Crippen LogP contribution in [0, 0.1) is 0 Å². The molecule has 1 rings (SSSR count). The van der Waals surface area contributed by atoms with Crippen LogP contribution >= 0.6 is 0 Å². The van der Waals surface area contributed by atoms with Crippen molar-refractivity contribution in [1.29, 1.82) is 0 Å². The minimum atomic E-state index is -0.933. The second-order valence-corrected chi connectivity index (χ2v) is 3.01. The van der Waals surface area contributed by atoms with Crippen LogP contribution in [0.5, 0.6) is 0 Å². The number of aromatic carboxylic acids is 1. The normalized spacial score (nSPS) is 9.05. The number of hydrogen-bond donors (Lipinski definition) is 3. The molecular formula is C15H21N3O3. The molecular weight excluding hydrogens is 270 g/mol. The summed E-state index contributed by atoms with van der Waals surface area (Å²) in [4.78, 5) is 23.0. The van der Waals surface area contributed by atoms with E-state index in [9.17, 15) is 4.79 Å². The number of hydrogen-bond acceptors (Lipinski definition) is 4. The third-order valence-electron chi connectivity index (χ3n) is 1.73. The Kier molecular flexibility index (Phi) is 14.8. The predicted octanol–water partition coefficient (Wildman–Crippen LogP) is 2.65. The van der Waals surface area contributed by atoms with E-state index in [0.29, 0.717) is 0 Å². The molecule has 0 saturated heterocycles. The first-order valence-corrected chi connectivity index (χ1v) is 6.20. The molecule has 0 atom stereocenters. The summed E-state index contributed by atoms with van der Waals surface area (Å²) >= 11 is 0.